The van der Waals surface area contributed by atoms with Gasteiger partial charge < -0.3 is 9.64 Å². The van der Waals surface area contributed by atoms with Gasteiger partial charge >= 0.3 is 0 Å². The van der Waals surface area contributed by atoms with Gasteiger partial charge in [-0.25, -0.2) is 4.39 Å². The number of alkyl halides is 1. The lowest BCUT2D eigenvalue weighted by Gasteiger charge is -2.32. The van der Waals surface area contributed by atoms with Crippen molar-refractivity contribution in [1.29, 1.82) is 0 Å². The largest absolute Gasteiger partial charge is 0.377 e. The number of hydrogen-bond donors (Lipinski definition) is 0. The van der Waals surface area contributed by atoms with Crippen molar-refractivity contribution >= 4 is 17.5 Å². The van der Waals surface area contributed by atoms with E-state index in [4.69, 9.17) is 16.3 Å². The highest BCUT2D eigenvalue weighted by Crippen LogP contribution is 2.19. The molecule has 1 heterocycles. The van der Waals surface area contributed by atoms with Crippen molar-refractivity contribution in [3.05, 3.63) is 35.1 Å². The molecule has 1 aliphatic rings. The van der Waals surface area contributed by atoms with Crippen molar-refractivity contribution < 1.29 is 13.9 Å². The average Bonchev–Trinajstić information content (AvgIpc) is 2.48. The molecule has 1 aliphatic heterocycles. The second-order valence-corrected chi connectivity index (χ2v) is 5.37. The summed E-state index contributed by atoms with van der Waals surface area (Å²) in [6.45, 7) is 3.39. The predicted molar refractivity (Wildman–Crippen MR) is 76.7 cm³/mol. The summed E-state index contributed by atoms with van der Waals surface area (Å²) >= 11 is 5.58. The fraction of sp³-hybridized carbons (Fsp3) is 0.533. The van der Waals surface area contributed by atoms with E-state index in [1.165, 1.54) is 0 Å². The smallest absolute Gasteiger partial charge is 0.256 e. The molecular weight excluding hydrogens is 281 g/mol. The Morgan fingerprint density at radius 3 is 2.80 bits per heavy atom. The van der Waals surface area contributed by atoms with Crippen molar-refractivity contribution in [2.45, 2.75) is 25.9 Å². The standard InChI is InChI=1S/C15H19ClFNO2/c1-11-3-2-4-13(14(11)17)15(19)18-8-5-12(6-9-18)20-10-7-16/h2-4,12H,5-10H2,1H3. The normalized spacial score (nSPS) is 16.4. The van der Waals surface area contributed by atoms with Crippen molar-refractivity contribution in [2.24, 2.45) is 0 Å². The molecule has 1 aromatic carbocycles. The molecule has 0 spiro atoms. The molecule has 0 bridgehead atoms. The van der Waals surface area contributed by atoms with Crippen LogP contribution in [0.3, 0.4) is 0 Å². The Morgan fingerprint density at radius 2 is 2.15 bits per heavy atom. The maximum atomic E-state index is 14.0. The van der Waals surface area contributed by atoms with Crippen LogP contribution in [0, 0.1) is 12.7 Å². The first-order valence-corrected chi connectivity index (χ1v) is 7.39. The van der Waals surface area contributed by atoms with E-state index in [1.54, 1.807) is 30.0 Å². The number of likely N-dealkylation sites (tertiary alicyclic amines) is 1. The van der Waals surface area contributed by atoms with Crippen LogP contribution >= 0.6 is 11.6 Å². The Morgan fingerprint density at radius 1 is 1.45 bits per heavy atom. The van der Waals surface area contributed by atoms with Crippen molar-refractivity contribution in [3.8, 4) is 0 Å². The van der Waals surface area contributed by atoms with Crippen molar-refractivity contribution in [3.63, 3.8) is 0 Å². The summed E-state index contributed by atoms with van der Waals surface area (Å²) in [6, 6.07) is 4.92. The zero-order chi connectivity index (χ0) is 14.5. The molecule has 0 N–H and O–H groups in total. The molecule has 1 saturated heterocycles. The minimum Gasteiger partial charge on any atom is -0.377 e. The maximum Gasteiger partial charge on any atom is 0.256 e. The van der Waals surface area contributed by atoms with Crippen LogP contribution in [0.5, 0.6) is 0 Å². The number of ether oxygens (including phenoxy) is 1. The van der Waals surface area contributed by atoms with Gasteiger partial charge in [0, 0.05) is 19.0 Å². The Labute approximate surface area is 123 Å². The monoisotopic (exact) mass is 299 g/mol. The fourth-order valence-electron chi connectivity index (χ4n) is 2.42. The number of carbonyl (C=O) groups is 1. The number of halogens is 2. The molecule has 0 saturated carbocycles. The lowest BCUT2D eigenvalue weighted by molar-refractivity contribution is 0.0153. The second kappa shape index (κ2) is 7.04. The highest BCUT2D eigenvalue weighted by Gasteiger charge is 2.25. The quantitative estimate of drug-likeness (QED) is 0.800. The molecule has 1 aromatic rings. The van der Waals surface area contributed by atoms with Gasteiger partial charge in [0.05, 0.1) is 18.3 Å². The molecule has 1 amide bonds. The van der Waals surface area contributed by atoms with E-state index in [1.807, 2.05) is 0 Å². The van der Waals surface area contributed by atoms with Crippen LogP contribution in [0.1, 0.15) is 28.8 Å². The Hall–Kier alpha value is -1.13. The number of aryl methyl sites for hydroxylation is 1. The molecule has 110 valence electrons. The molecular formula is C15H19ClFNO2. The Balaban J connectivity index is 1.96. The average molecular weight is 300 g/mol. The highest BCUT2D eigenvalue weighted by molar-refractivity contribution is 6.17. The molecule has 0 radical (unpaired) electrons. The summed E-state index contributed by atoms with van der Waals surface area (Å²) in [5.41, 5.74) is 0.654. The van der Waals surface area contributed by atoms with Crippen molar-refractivity contribution in [2.75, 3.05) is 25.6 Å². The van der Waals surface area contributed by atoms with Gasteiger partial charge in [-0.3, -0.25) is 4.79 Å². The molecule has 0 unspecified atom stereocenters. The van der Waals surface area contributed by atoms with Crippen LogP contribution in [0.25, 0.3) is 0 Å². The molecule has 1 fully saturated rings. The number of piperidine rings is 1. The molecule has 0 aliphatic carbocycles. The van der Waals surface area contributed by atoms with E-state index in [0.717, 1.165) is 12.8 Å². The molecule has 20 heavy (non-hydrogen) atoms. The number of amides is 1. The lowest BCUT2D eigenvalue weighted by Crippen LogP contribution is -2.41. The van der Waals surface area contributed by atoms with Gasteiger partial charge in [-0.1, -0.05) is 12.1 Å². The van der Waals surface area contributed by atoms with E-state index in [9.17, 15) is 9.18 Å². The van der Waals surface area contributed by atoms with Gasteiger partial charge in [0.25, 0.3) is 5.91 Å². The van der Waals surface area contributed by atoms with Crippen LogP contribution < -0.4 is 0 Å². The minimum absolute atomic E-state index is 0.153. The SMILES string of the molecule is Cc1cccc(C(=O)N2CCC(OCCCl)CC2)c1F. The summed E-state index contributed by atoms with van der Waals surface area (Å²) in [5.74, 6) is -0.173. The highest BCUT2D eigenvalue weighted by atomic mass is 35.5. The van der Waals surface area contributed by atoms with Gasteiger partial charge in [-0.15, -0.1) is 11.6 Å². The predicted octanol–water partition coefficient (Wildman–Crippen LogP) is 2.99. The van der Waals surface area contributed by atoms with Gasteiger partial charge in [0.15, 0.2) is 0 Å². The zero-order valence-electron chi connectivity index (χ0n) is 11.6. The number of hydrogen-bond acceptors (Lipinski definition) is 2. The number of benzene rings is 1. The van der Waals surface area contributed by atoms with E-state index in [2.05, 4.69) is 0 Å². The van der Waals surface area contributed by atoms with Crippen molar-refractivity contribution in [1.82, 2.24) is 4.90 Å². The van der Waals surface area contributed by atoms with Gasteiger partial charge in [0.2, 0.25) is 0 Å². The Kier molecular flexibility index (Phi) is 5.38. The third-order valence-electron chi connectivity index (χ3n) is 3.58. The van der Waals surface area contributed by atoms with Gasteiger partial charge in [-0.2, -0.15) is 0 Å². The molecule has 5 heteroatoms. The first-order valence-electron chi connectivity index (χ1n) is 6.85. The summed E-state index contributed by atoms with van der Waals surface area (Å²) < 4.78 is 19.5. The van der Waals surface area contributed by atoms with E-state index in [0.29, 0.717) is 31.1 Å². The van der Waals surface area contributed by atoms with E-state index >= 15 is 0 Å². The first kappa shape index (κ1) is 15.3. The molecule has 0 atom stereocenters. The molecule has 3 nitrogen and oxygen atoms in total. The lowest BCUT2D eigenvalue weighted by atomic mass is 10.0. The summed E-state index contributed by atoms with van der Waals surface area (Å²) in [4.78, 5) is 14.0. The van der Waals surface area contributed by atoms with E-state index < -0.39 is 5.82 Å². The summed E-state index contributed by atoms with van der Waals surface area (Å²) in [6.07, 6.45) is 1.70. The van der Waals surface area contributed by atoms with E-state index in [-0.39, 0.29) is 17.6 Å². The van der Waals surface area contributed by atoms with Gasteiger partial charge in [-0.05, 0) is 31.4 Å². The fourth-order valence-corrected chi connectivity index (χ4v) is 2.51. The first-order chi connectivity index (χ1) is 9.63. The minimum atomic E-state index is -0.419. The van der Waals surface area contributed by atoms with Crippen LogP contribution in [-0.2, 0) is 4.74 Å². The molecule has 0 aromatic heterocycles. The third-order valence-corrected chi connectivity index (χ3v) is 3.74. The third kappa shape index (κ3) is 3.49. The number of rotatable bonds is 4. The zero-order valence-corrected chi connectivity index (χ0v) is 12.3. The van der Waals surface area contributed by atoms with Crippen LogP contribution in [0.2, 0.25) is 0 Å². The Bertz CT molecular complexity index is 473. The number of carbonyl (C=O) groups excluding carboxylic acids is 1. The summed E-state index contributed by atoms with van der Waals surface area (Å²) in [5, 5.41) is 0. The van der Waals surface area contributed by atoms with Gasteiger partial charge in [0.1, 0.15) is 5.82 Å². The maximum absolute atomic E-state index is 14.0. The summed E-state index contributed by atoms with van der Waals surface area (Å²) in [7, 11) is 0. The topological polar surface area (TPSA) is 29.5 Å². The van der Waals surface area contributed by atoms with Crippen LogP contribution in [0.4, 0.5) is 4.39 Å². The van der Waals surface area contributed by atoms with Crippen LogP contribution in [0.15, 0.2) is 18.2 Å². The molecule has 2 rings (SSSR count). The van der Waals surface area contributed by atoms with Crippen LogP contribution in [-0.4, -0.2) is 42.5 Å². The number of nitrogens with zero attached hydrogens (tertiary/aromatic N) is 1. The second-order valence-electron chi connectivity index (χ2n) is 4.99.